The highest BCUT2D eigenvalue weighted by molar-refractivity contribution is 5.94. The summed E-state index contributed by atoms with van der Waals surface area (Å²) in [5.74, 6) is 7.11. The average molecular weight is 276 g/mol. The Labute approximate surface area is 120 Å². The van der Waals surface area contributed by atoms with Crippen LogP contribution in [0.2, 0.25) is 0 Å². The van der Waals surface area contributed by atoms with Crippen LogP contribution >= 0.6 is 0 Å². The van der Waals surface area contributed by atoms with Gasteiger partial charge in [-0.15, -0.1) is 0 Å². The fourth-order valence-corrected chi connectivity index (χ4v) is 2.90. The normalized spacial score (nSPS) is 22.4. The summed E-state index contributed by atoms with van der Waals surface area (Å²) < 4.78 is 0. The zero-order valence-electron chi connectivity index (χ0n) is 12.3. The number of amides is 1. The van der Waals surface area contributed by atoms with E-state index in [1.54, 1.807) is 12.1 Å². The lowest BCUT2D eigenvalue weighted by molar-refractivity contribution is 0.0936. The first-order valence-electron chi connectivity index (χ1n) is 7.33. The Bertz CT molecular complexity index is 475. The summed E-state index contributed by atoms with van der Waals surface area (Å²) >= 11 is 0. The lowest BCUT2D eigenvalue weighted by Crippen LogP contribution is -2.33. The lowest BCUT2D eigenvalue weighted by Gasteiger charge is -2.28. The van der Waals surface area contributed by atoms with Crippen LogP contribution in [-0.2, 0) is 0 Å². The molecule has 1 aliphatic rings. The molecule has 1 heterocycles. The van der Waals surface area contributed by atoms with Crippen molar-refractivity contribution in [3.63, 3.8) is 0 Å². The van der Waals surface area contributed by atoms with Crippen LogP contribution in [0.15, 0.2) is 12.1 Å². The van der Waals surface area contributed by atoms with Gasteiger partial charge < -0.3 is 10.7 Å². The molecule has 1 amide bonds. The van der Waals surface area contributed by atoms with Gasteiger partial charge in [-0.3, -0.25) is 4.79 Å². The summed E-state index contributed by atoms with van der Waals surface area (Å²) in [6.07, 6.45) is 5.09. The highest BCUT2D eigenvalue weighted by Gasteiger charge is 2.21. The Kier molecular flexibility index (Phi) is 4.95. The van der Waals surface area contributed by atoms with Crippen molar-refractivity contribution in [2.45, 2.75) is 39.5 Å². The first-order chi connectivity index (χ1) is 9.60. The van der Waals surface area contributed by atoms with Crippen LogP contribution in [0, 0.1) is 18.8 Å². The van der Waals surface area contributed by atoms with Gasteiger partial charge in [0.15, 0.2) is 0 Å². The standard InChI is InChI=1S/C15H24N4O/c1-10-5-3-4-6-12(10)9-17-15(20)13-7-11(2)18-14(8-13)19-16/h7-8,10,12H,3-6,9,16H2,1-2H3,(H,17,20)(H,18,19). The highest BCUT2D eigenvalue weighted by Crippen LogP contribution is 2.28. The van der Waals surface area contributed by atoms with E-state index in [2.05, 4.69) is 22.7 Å². The third-order valence-corrected chi connectivity index (χ3v) is 4.18. The van der Waals surface area contributed by atoms with E-state index in [0.29, 0.717) is 23.2 Å². The molecule has 1 fully saturated rings. The molecule has 0 spiro atoms. The molecule has 2 rings (SSSR count). The average Bonchev–Trinajstić information content (AvgIpc) is 2.45. The molecule has 5 nitrogen and oxygen atoms in total. The number of nitrogen functional groups attached to an aromatic ring is 1. The molecule has 0 aromatic carbocycles. The van der Waals surface area contributed by atoms with Gasteiger partial charge in [0.2, 0.25) is 0 Å². The van der Waals surface area contributed by atoms with Gasteiger partial charge >= 0.3 is 0 Å². The Morgan fingerprint density at radius 2 is 2.15 bits per heavy atom. The van der Waals surface area contributed by atoms with E-state index in [4.69, 9.17) is 5.84 Å². The zero-order valence-corrected chi connectivity index (χ0v) is 12.3. The summed E-state index contributed by atoms with van der Waals surface area (Å²) in [7, 11) is 0. The number of hydrogen-bond acceptors (Lipinski definition) is 4. The smallest absolute Gasteiger partial charge is 0.251 e. The van der Waals surface area contributed by atoms with Gasteiger partial charge in [-0.1, -0.05) is 26.2 Å². The van der Waals surface area contributed by atoms with E-state index < -0.39 is 0 Å². The van der Waals surface area contributed by atoms with Crippen molar-refractivity contribution < 1.29 is 4.79 Å². The van der Waals surface area contributed by atoms with Crippen molar-refractivity contribution >= 4 is 11.7 Å². The van der Waals surface area contributed by atoms with Gasteiger partial charge in [0.1, 0.15) is 5.82 Å². The molecule has 2 unspecified atom stereocenters. The first-order valence-corrected chi connectivity index (χ1v) is 7.33. The number of carbonyl (C=O) groups excluding carboxylic acids is 1. The van der Waals surface area contributed by atoms with Crippen molar-refractivity contribution in [3.05, 3.63) is 23.4 Å². The quantitative estimate of drug-likeness (QED) is 0.582. The number of aromatic nitrogens is 1. The molecule has 0 bridgehead atoms. The topological polar surface area (TPSA) is 80.0 Å². The molecule has 110 valence electrons. The van der Waals surface area contributed by atoms with Crippen LogP contribution in [0.4, 0.5) is 5.82 Å². The molecular weight excluding hydrogens is 252 g/mol. The van der Waals surface area contributed by atoms with Crippen molar-refractivity contribution in [3.8, 4) is 0 Å². The summed E-state index contributed by atoms with van der Waals surface area (Å²) in [6, 6.07) is 3.45. The van der Waals surface area contributed by atoms with Gasteiger partial charge in [-0.05, 0) is 37.3 Å². The molecule has 20 heavy (non-hydrogen) atoms. The highest BCUT2D eigenvalue weighted by atomic mass is 16.1. The van der Waals surface area contributed by atoms with Gasteiger partial charge in [0.05, 0.1) is 0 Å². The number of rotatable bonds is 4. The van der Waals surface area contributed by atoms with Crippen LogP contribution < -0.4 is 16.6 Å². The predicted molar refractivity (Wildman–Crippen MR) is 80.2 cm³/mol. The van der Waals surface area contributed by atoms with Crippen molar-refractivity contribution in [2.75, 3.05) is 12.0 Å². The number of pyridine rings is 1. The zero-order chi connectivity index (χ0) is 14.5. The Balaban J connectivity index is 1.96. The number of carbonyl (C=O) groups is 1. The third kappa shape index (κ3) is 3.70. The van der Waals surface area contributed by atoms with Gasteiger partial charge in [-0.25, -0.2) is 10.8 Å². The number of anilines is 1. The molecule has 0 radical (unpaired) electrons. The minimum atomic E-state index is -0.0511. The van der Waals surface area contributed by atoms with Crippen LogP contribution in [-0.4, -0.2) is 17.4 Å². The van der Waals surface area contributed by atoms with Crippen LogP contribution in [0.25, 0.3) is 0 Å². The number of hydrazine groups is 1. The fourth-order valence-electron chi connectivity index (χ4n) is 2.90. The van der Waals surface area contributed by atoms with Gasteiger partial charge in [0, 0.05) is 17.8 Å². The molecular formula is C15H24N4O. The number of nitrogens with two attached hydrogens (primary N) is 1. The van der Waals surface area contributed by atoms with E-state index in [0.717, 1.165) is 12.2 Å². The second-order valence-corrected chi connectivity index (χ2v) is 5.76. The third-order valence-electron chi connectivity index (χ3n) is 4.18. The molecule has 1 aromatic rings. The van der Waals surface area contributed by atoms with Crippen LogP contribution in [0.5, 0.6) is 0 Å². The largest absolute Gasteiger partial charge is 0.352 e. The van der Waals surface area contributed by atoms with E-state index in [-0.39, 0.29) is 5.91 Å². The van der Waals surface area contributed by atoms with Crippen molar-refractivity contribution in [1.82, 2.24) is 10.3 Å². The molecule has 0 aliphatic heterocycles. The predicted octanol–water partition coefficient (Wildman–Crippen LogP) is 2.23. The van der Waals surface area contributed by atoms with E-state index in [1.807, 2.05) is 6.92 Å². The molecule has 1 aliphatic carbocycles. The van der Waals surface area contributed by atoms with Gasteiger partial charge in [0.25, 0.3) is 5.91 Å². The first kappa shape index (κ1) is 14.8. The van der Waals surface area contributed by atoms with E-state index in [9.17, 15) is 4.79 Å². The van der Waals surface area contributed by atoms with E-state index in [1.165, 1.54) is 25.7 Å². The maximum Gasteiger partial charge on any atom is 0.251 e. The molecule has 1 aromatic heterocycles. The minimum absolute atomic E-state index is 0.0511. The number of aryl methyl sites for hydroxylation is 1. The second kappa shape index (κ2) is 6.70. The molecule has 5 heteroatoms. The lowest BCUT2D eigenvalue weighted by atomic mass is 9.80. The summed E-state index contributed by atoms with van der Waals surface area (Å²) in [6.45, 7) is 4.89. The monoisotopic (exact) mass is 276 g/mol. The second-order valence-electron chi connectivity index (χ2n) is 5.76. The van der Waals surface area contributed by atoms with Crippen molar-refractivity contribution in [2.24, 2.45) is 17.7 Å². The van der Waals surface area contributed by atoms with Crippen LogP contribution in [0.3, 0.4) is 0 Å². The van der Waals surface area contributed by atoms with Crippen molar-refractivity contribution in [1.29, 1.82) is 0 Å². The summed E-state index contributed by atoms with van der Waals surface area (Å²) in [5.41, 5.74) is 3.86. The summed E-state index contributed by atoms with van der Waals surface area (Å²) in [4.78, 5) is 16.4. The maximum atomic E-state index is 12.2. The van der Waals surface area contributed by atoms with E-state index >= 15 is 0 Å². The molecule has 1 saturated carbocycles. The molecule has 2 atom stereocenters. The minimum Gasteiger partial charge on any atom is -0.352 e. The number of nitrogens with zero attached hydrogens (tertiary/aromatic N) is 1. The maximum absolute atomic E-state index is 12.2. The van der Waals surface area contributed by atoms with Gasteiger partial charge in [-0.2, -0.15) is 0 Å². The number of nitrogens with one attached hydrogen (secondary N) is 2. The number of hydrogen-bond donors (Lipinski definition) is 3. The van der Waals surface area contributed by atoms with Crippen LogP contribution in [0.1, 0.15) is 48.7 Å². The Hall–Kier alpha value is -1.62. The Morgan fingerprint density at radius 1 is 1.40 bits per heavy atom. The Morgan fingerprint density at radius 3 is 2.85 bits per heavy atom. The molecule has 4 N–H and O–H groups in total. The fraction of sp³-hybridized carbons (Fsp3) is 0.600. The molecule has 0 saturated heterocycles. The SMILES string of the molecule is Cc1cc(C(=O)NCC2CCCCC2C)cc(NN)n1. The summed E-state index contributed by atoms with van der Waals surface area (Å²) in [5, 5.41) is 3.04.